The number of nitrogens with one attached hydrogen (secondary N) is 1. The molecule has 1 N–H and O–H groups in total. The van der Waals surface area contributed by atoms with Crippen molar-refractivity contribution in [2.45, 2.75) is 24.6 Å². The number of hydrogen-bond donors (Lipinski definition) is 1. The Bertz CT molecular complexity index is 756. The Balaban J connectivity index is 1.76. The first-order valence-corrected chi connectivity index (χ1v) is 8.97. The van der Waals surface area contributed by atoms with Crippen molar-refractivity contribution in [1.29, 1.82) is 0 Å². The summed E-state index contributed by atoms with van der Waals surface area (Å²) in [5.74, 6) is 0. The molecule has 0 bridgehead atoms. The monoisotopic (exact) mass is 336 g/mol. The van der Waals surface area contributed by atoms with Gasteiger partial charge in [0, 0.05) is 33.4 Å². The highest BCUT2D eigenvalue weighted by Crippen LogP contribution is 2.30. The standard InChI is InChI=1S/C16H20N2O4S/c1-21-9-4-8-18-11-13-5-2-6-15(14(13)12-18)17-23(19,20)16-7-3-10-22-16/h2-3,5-7,10,17H,4,8-9,11-12H2,1H3. The van der Waals surface area contributed by atoms with Crippen LogP contribution in [0.4, 0.5) is 5.69 Å². The second kappa shape index (κ2) is 6.74. The molecule has 0 radical (unpaired) electrons. The summed E-state index contributed by atoms with van der Waals surface area (Å²) in [6.07, 6.45) is 2.31. The predicted octanol–water partition coefficient (Wildman–Crippen LogP) is 2.43. The topological polar surface area (TPSA) is 71.8 Å². The number of fused-ring (bicyclic) bond motifs is 1. The quantitative estimate of drug-likeness (QED) is 0.786. The van der Waals surface area contributed by atoms with Crippen molar-refractivity contribution in [2.75, 3.05) is 25.0 Å². The van der Waals surface area contributed by atoms with E-state index in [1.165, 1.54) is 12.3 Å². The van der Waals surface area contributed by atoms with Crippen LogP contribution < -0.4 is 4.72 Å². The zero-order valence-electron chi connectivity index (χ0n) is 13.0. The third kappa shape index (κ3) is 3.57. The van der Waals surface area contributed by atoms with E-state index in [1.807, 2.05) is 12.1 Å². The molecule has 0 unspecified atom stereocenters. The summed E-state index contributed by atoms with van der Waals surface area (Å²) in [7, 11) is -1.99. The largest absolute Gasteiger partial charge is 0.451 e. The molecule has 2 heterocycles. The van der Waals surface area contributed by atoms with Gasteiger partial charge in [-0.2, -0.15) is 8.42 Å². The molecule has 0 aliphatic carbocycles. The van der Waals surface area contributed by atoms with Crippen LogP contribution >= 0.6 is 0 Å². The van der Waals surface area contributed by atoms with Crippen LogP contribution in [0.2, 0.25) is 0 Å². The van der Waals surface area contributed by atoms with Gasteiger partial charge >= 0.3 is 0 Å². The van der Waals surface area contributed by atoms with Crippen LogP contribution in [0.3, 0.4) is 0 Å². The zero-order valence-corrected chi connectivity index (χ0v) is 13.8. The summed E-state index contributed by atoms with van der Waals surface area (Å²) in [5, 5.41) is -0.0787. The van der Waals surface area contributed by atoms with Crippen molar-refractivity contribution >= 4 is 15.7 Å². The highest BCUT2D eigenvalue weighted by molar-refractivity contribution is 7.92. The summed E-state index contributed by atoms with van der Waals surface area (Å²) >= 11 is 0. The molecule has 0 fully saturated rings. The van der Waals surface area contributed by atoms with Gasteiger partial charge in [-0.05, 0) is 35.7 Å². The number of furan rings is 1. The summed E-state index contributed by atoms with van der Waals surface area (Å²) in [6, 6.07) is 8.69. The van der Waals surface area contributed by atoms with Crippen molar-refractivity contribution in [3.8, 4) is 0 Å². The fraction of sp³-hybridized carbons (Fsp3) is 0.375. The molecular formula is C16H20N2O4S. The second-order valence-corrected chi connectivity index (χ2v) is 7.15. The second-order valence-electron chi connectivity index (χ2n) is 5.54. The first-order chi connectivity index (χ1) is 11.1. The van der Waals surface area contributed by atoms with E-state index in [2.05, 4.69) is 9.62 Å². The summed E-state index contributed by atoms with van der Waals surface area (Å²) in [5.41, 5.74) is 2.80. The normalized spacial score (nSPS) is 14.8. The van der Waals surface area contributed by atoms with Crippen molar-refractivity contribution in [3.05, 3.63) is 47.7 Å². The zero-order chi connectivity index (χ0) is 16.3. The molecule has 7 heteroatoms. The molecule has 0 spiro atoms. The molecule has 0 saturated heterocycles. The molecule has 1 aromatic heterocycles. The molecule has 1 aliphatic rings. The van der Waals surface area contributed by atoms with Crippen molar-refractivity contribution < 1.29 is 17.6 Å². The highest BCUT2D eigenvalue weighted by Gasteiger charge is 2.24. The molecule has 1 aromatic carbocycles. The molecule has 0 saturated carbocycles. The minimum Gasteiger partial charge on any atom is -0.451 e. The van der Waals surface area contributed by atoms with E-state index in [-0.39, 0.29) is 5.09 Å². The van der Waals surface area contributed by atoms with Crippen LogP contribution in [0, 0.1) is 0 Å². The van der Waals surface area contributed by atoms with E-state index in [9.17, 15) is 8.42 Å². The lowest BCUT2D eigenvalue weighted by molar-refractivity contribution is 0.172. The fourth-order valence-electron chi connectivity index (χ4n) is 2.79. The molecule has 6 nitrogen and oxygen atoms in total. The molecular weight excluding hydrogens is 316 g/mol. The van der Waals surface area contributed by atoms with E-state index in [0.29, 0.717) is 5.69 Å². The minimum atomic E-state index is -3.69. The predicted molar refractivity (Wildman–Crippen MR) is 86.6 cm³/mol. The molecule has 0 atom stereocenters. The Labute approximate surface area is 136 Å². The molecule has 3 rings (SSSR count). The minimum absolute atomic E-state index is 0.0787. The maximum absolute atomic E-state index is 12.3. The number of methoxy groups -OCH3 is 1. The number of sulfonamides is 1. The molecule has 124 valence electrons. The molecule has 0 amide bonds. The van der Waals surface area contributed by atoms with Gasteiger partial charge in [0.2, 0.25) is 5.09 Å². The van der Waals surface area contributed by atoms with Gasteiger partial charge in [-0.25, -0.2) is 0 Å². The van der Waals surface area contributed by atoms with Gasteiger partial charge in [0.1, 0.15) is 0 Å². The lowest BCUT2D eigenvalue weighted by Gasteiger charge is -2.14. The molecule has 2 aromatic rings. The highest BCUT2D eigenvalue weighted by atomic mass is 32.2. The van der Waals surface area contributed by atoms with E-state index in [0.717, 1.165) is 43.8 Å². The first-order valence-electron chi connectivity index (χ1n) is 7.48. The van der Waals surface area contributed by atoms with Crippen LogP contribution in [0.25, 0.3) is 0 Å². The van der Waals surface area contributed by atoms with Crippen molar-refractivity contribution in [2.24, 2.45) is 0 Å². The van der Waals surface area contributed by atoms with Crippen LogP contribution in [0.15, 0.2) is 46.1 Å². The maximum Gasteiger partial charge on any atom is 0.295 e. The third-order valence-corrected chi connectivity index (χ3v) is 5.13. The van der Waals surface area contributed by atoms with Crippen LogP contribution in [0.5, 0.6) is 0 Å². The Morgan fingerprint density at radius 2 is 2.13 bits per heavy atom. The Kier molecular flexibility index (Phi) is 4.70. The number of nitrogens with zero attached hydrogens (tertiary/aromatic N) is 1. The van der Waals surface area contributed by atoms with Gasteiger partial charge in [0.05, 0.1) is 12.0 Å². The van der Waals surface area contributed by atoms with Gasteiger partial charge in [0.25, 0.3) is 10.0 Å². The van der Waals surface area contributed by atoms with E-state index < -0.39 is 10.0 Å². The SMILES string of the molecule is COCCCN1Cc2cccc(NS(=O)(=O)c3ccco3)c2C1. The van der Waals surface area contributed by atoms with Gasteiger partial charge in [-0.3, -0.25) is 9.62 Å². The Morgan fingerprint density at radius 1 is 1.26 bits per heavy atom. The number of hydrogen-bond acceptors (Lipinski definition) is 5. The fourth-order valence-corrected chi connectivity index (χ4v) is 3.81. The summed E-state index contributed by atoms with van der Waals surface area (Å²) < 4.78 is 37.4. The number of benzene rings is 1. The van der Waals surface area contributed by atoms with Gasteiger partial charge in [0.15, 0.2) is 0 Å². The van der Waals surface area contributed by atoms with Crippen LogP contribution in [-0.4, -0.2) is 33.6 Å². The van der Waals surface area contributed by atoms with Crippen LogP contribution in [0.1, 0.15) is 17.5 Å². The van der Waals surface area contributed by atoms with Gasteiger partial charge < -0.3 is 9.15 Å². The van der Waals surface area contributed by atoms with E-state index >= 15 is 0 Å². The lowest BCUT2D eigenvalue weighted by atomic mass is 10.1. The average Bonchev–Trinajstić information content (AvgIpc) is 3.17. The van der Waals surface area contributed by atoms with Crippen molar-refractivity contribution in [3.63, 3.8) is 0 Å². The van der Waals surface area contributed by atoms with E-state index in [1.54, 1.807) is 19.2 Å². The Morgan fingerprint density at radius 3 is 2.87 bits per heavy atom. The summed E-state index contributed by atoms with van der Waals surface area (Å²) in [4.78, 5) is 2.29. The summed E-state index contributed by atoms with van der Waals surface area (Å²) in [6.45, 7) is 3.21. The number of ether oxygens (including phenoxy) is 1. The van der Waals surface area contributed by atoms with E-state index in [4.69, 9.17) is 9.15 Å². The third-order valence-electron chi connectivity index (χ3n) is 3.88. The van der Waals surface area contributed by atoms with Gasteiger partial charge in [-0.1, -0.05) is 12.1 Å². The van der Waals surface area contributed by atoms with Crippen molar-refractivity contribution in [1.82, 2.24) is 4.90 Å². The first kappa shape index (κ1) is 16.0. The lowest BCUT2D eigenvalue weighted by Crippen LogP contribution is -2.19. The van der Waals surface area contributed by atoms with Crippen LogP contribution in [-0.2, 0) is 27.8 Å². The average molecular weight is 336 g/mol. The number of rotatable bonds is 7. The van der Waals surface area contributed by atoms with Gasteiger partial charge in [-0.15, -0.1) is 0 Å². The molecule has 23 heavy (non-hydrogen) atoms. The maximum atomic E-state index is 12.3. The molecule has 1 aliphatic heterocycles. The Hall–Kier alpha value is -1.83. The number of anilines is 1. The smallest absolute Gasteiger partial charge is 0.295 e.